The van der Waals surface area contributed by atoms with Crippen LogP contribution in [0.2, 0.25) is 10.0 Å². The lowest BCUT2D eigenvalue weighted by Crippen LogP contribution is -2.54. The van der Waals surface area contributed by atoms with Crippen LogP contribution in [-0.4, -0.2) is 43.8 Å². The second kappa shape index (κ2) is 15.2. The molecule has 0 aliphatic rings. The van der Waals surface area contributed by atoms with Gasteiger partial charge in [-0.2, -0.15) is 0 Å². The van der Waals surface area contributed by atoms with Crippen molar-refractivity contribution in [3.05, 3.63) is 130 Å². The van der Waals surface area contributed by atoms with E-state index < -0.39 is 28.5 Å². The van der Waals surface area contributed by atoms with Gasteiger partial charge in [0.15, 0.2) is 0 Å². The number of benzene rings is 4. The number of hydrogen-bond acceptors (Lipinski definition) is 4. The summed E-state index contributed by atoms with van der Waals surface area (Å²) in [6.07, 6.45) is 0.911. The van der Waals surface area contributed by atoms with Gasteiger partial charge in [-0.05, 0) is 60.9 Å². The SMILES string of the molecule is CC[C@H](C)NC(=O)[C@H](Cc1ccccc1)N(Cc1cccc(Cl)c1)C(=O)CN(c1ccccc1Cl)S(=O)(=O)c1ccccc1. The molecular formula is C34H35Cl2N3O4S. The molecule has 10 heteroatoms. The number of nitrogens with one attached hydrogen (secondary N) is 1. The fourth-order valence-corrected chi connectivity index (χ4v) is 6.67. The van der Waals surface area contributed by atoms with E-state index in [-0.39, 0.29) is 40.5 Å². The van der Waals surface area contributed by atoms with Crippen LogP contribution < -0.4 is 9.62 Å². The summed E-state index contributed by atoms with van der Waals surface area (Å²) in [6, 6.07) is 29.6. The van der Waals surface area contributed by atoms with E-state index in [9.17, 15) is 18.0 Å². The third-order valence-corrected chi connectivity index (χ3v) is 9.57. The molecule has 0 saturated carbocycles. The molecule has 0 heterocycles. The summed E-state index contributed by atoms with van der Waals surface area (Å²) >= 11 is 12.8. The van der Waals surface area contributed by atoms with Crippen molar-refractivity contribution >= 4 is 50.7 Å². The minimum Gasteiger partial charge on any atom is -0.352 e. The fraction of sp³-hybridized carbons (Fsp3) is 0.235. The Morgan fingerprint density at radius 1 is 0.818 bits per heavy atom. The van der Waals surface area contributed by atoms with E-state index in [2.05, 4.69) is 5.32 Å². The monoisotopic (exact) mass is 651 g/mol. The second-order valence-corrected chi connectivity index (χ2v) is 13.2. The number of hydrogen-bond donors (Lipinski definition) is 1. The predicted octanol–water partition coefficient (Wildman–Crippen LogP) is 6.74. The van der Waals surface area contributed by atoms with Gasteiger partial charge in [-0.1, -0.05) is 103 Å². The van der Waals surface area contributed by atoms with Gasteiger partial charge in [-0.3, -0.25) is 13.9 Å². The van der Waals surface area contributed by atoms with Crippen LogP contribution in [0.5, 0.6) is 0 Å². The molecule has 2 atom stereocenters. The van der Waals surface area contributed by atoms with Gasteiger partial charge in [0.1, 0.15) is 12.6 Å². The Balaban J connectivity index is 1.81. The molecule has 0 saturated heterocycles. The Labute approximate surface area is 269 Å². The Morgan fingerprint density at radius 3 is 2.07 bits per heavy atom. The summed E-state index contributed by atoms with van der Waals surface area (Å²) in [4.78, 5) is 29.8. The highest BCUT2D eigenvalue weighted by molar-refractivity contribution is 7.92. The molecule has 4 rings (SSSR count). The van der Waals surface area contributed by atoms with E-state index in [0.717, 1.165) is 9.87 Å². The zero-order valence-electron chi connectivity index (χ0n) is 24.6. The van der Waals surface area contributed by atoms with Crippen molar-refractivity contribution in [2.75, 3.05) is 10.8 Å². The Bertz CT molecular complexity index is 1670. The third kappa shape index (κ3) is 8.40. The molecule has 0 spiro atoms. The highest BCUT2D eigenvalue weighted by atomic mass is 35.5. The maximum Gasteiger partial charge on any atom is 0.264 e. The lowest BCUT2D eigenvalue weighted by atomic mass is 10.0. The molecule has 4 aromatic carbocycles. The number of halogens is 2. The zero-order chi connectivity index (χ0) is 31.7. The van der Waals surface area contributed by atoms with Gasteiger partial charge in [-0.15, -0.1) is 0 Å². The van der Waals surface area contributed by atoms with E-state index in [1.54, 1.807) is 60.7 Å². The number of nitrogens with zero attached hydrogens (tertiary/aromatic N) is 2. The molecule has 1 N–H and O–H groups in total. The quantitative estimate of drug-likeness (QED) is 0.173. The standard InChI is InChI=1S/C34H35Cl2N3O4S/c1-3-25(2)37-34(41)32(22-26-13-6-4-7-14-26)38(23-27-15-12-16-28(35)21-27)33(40)24-39(31-20-11-10-19-30(31)36)44(42,43)29-17-8-5-9-18-29/h4-21,25,32H,3,22-24H2,1-2H3,(H,37,41)/t25-,32-/m0/s1. The summed E-state index contributed by atoms with van der Waals surface area (Å²) in [5, 5.41) is 3.66. The molecule has 230 valence electrons. The number of carbonyl (C=O) groups is 2. The van der Waals surface area contributed by atoms with E-state index in [4.69, 9.17) is 23.2 Å². The molecule has 0 aliphatic carbocycles. The Hall–Kier alpha value is -3.85. The number of anilines is 1. The lowest BCUT2D eigenvalue weighted by molar-refractivity contribution is -0.140. The molecular weight excluding hydrogens is 617 g/mol. The average molecular weight is 653 g/mol. The van der Waals surface area contributed by atoms with Crippen molar-refractivity contribution < 1.29 is 18.0 Å². The second-order valence-electron chi connectivity index (χ2n) is 10.5. The van der Waals surface area contributed by atoms with Crippen LogP contribution in [0.1, 0.15) is 31.4 Å². The summed E-state index contributed by atoms with van der Waals surface area (Å²) in [5.41, 5.74) is 1.69. The third-order valence-electron chi connectivity index (χ3n) is 7.25. The van der Waals surface area contributed by atoms with Crippen molar-refractivity contribution in [3.8, 4) is 0 Å². The molecule has 4 aromatic rings. The van der Waals surface area contributed by atoms with Crippen LogP contribution in [-0.2, 0) is 32.6 Å². The number of carbonyl (C=O) groups excluding carboxylic acids is 2. The molecule has 7 nitrogen and oxygen atoms in total. The van der Waals surface area contributed by atoms with Gasteiger partial charge in [0, 0.05) is 24.0 Å². The van der Waals surface area contributed by atoms with Gasteiger partial charge in [-0.25, -0.2) is 8.42 Å². The van der Waals surface area contributed by atoms with Gasteiger partial charge in [0.25, 0.3) is 10.0 Å². The highest BCUT2D eigenvalue weighted by Crippen LogP contribution is 2.31. The van der Waals surface area contributed by atoms with Crippen molar-refractivity contribution in [3.63, 3.8) is 0 Å². The molecule has 0 unspecified atom stereocenters. The molecule has 44 heavy (non-hydrogen) atoms. The van der Waals surface area contributed by atoms with E-state index in [1.165, 1.54) is 17.0 Å². The van der Waals surface area contributed by atoms with Crippen LogP contribution in [0, 0.1) is 0 Å². The van der Waals surface area contributed by atoms with Crippen LogP contribution in [0.25, 0.3) is 0 Å². The highest BCUT2D eigenvalue weighted by Gasteiger charge is 2.35. The lowest BCUT2D eigenvalue weighted by Gasteiger charge is -2.34. The molecule has 0 bridgehead atoms. The van der Waals surface area contributed by atoms with E-state index >= 15 is 0 Å². The summed E-state index contributed by atoms with van der Waals surface area (Å²) in [6.45, 7) is 3.28. The molecule has 0 aliphatic heterocycles. The zero-order valence-corrected chi connectivity index (χ0v) is 26.9. The first-order chi connectivity index (χ1) is 21.1. The van der Waals surface area contributed by atoms with Gasteiger partial charge in [0.2, 0.25) is 11.8 Å². The molecule has 0 aromatic heterocycles. The normalized spacial score (nSPS) is 12.6. The maximum absolute atomic E-state index is 14.5. The number of rotatable bonds is 13. The molecule has 2 amide bonds. The van der Waals surface area contributed by atoms with Crippen LogP contribution in [0.3, 0.4) is 0 Å². The molecule has 0 radical (unpaired) electrons. The number of amides is 2. The van der Waals surface area contributed by atoms with Crippen molar-refractivity contribution in [2.24, 2.45) is 0 Å². The summed E-state index contributed by atoms with van der Waals surface area (Å²) in [5.74, 6) is -0.918. The summed E-state index contributed by atoms with van der Waals surface area (Å²) < 4.78 is 29.1. The van der Waals surface area contributed by atoms with Crippen LogP contribution in [0.4, 0.5) is 5.69 Å². The first-order valence-corrected chi connectivity index (χ1v) is 16.5. The van der Waals surface area contributed by atoms with E-state index in [1.807, 2.05) is 50.2 Å². The van der Waals surface area contributed by atoms with Gasteiger partial charge >= 0.3 is 0 Å². The van der Waals surface area contributed by atoms with Gasteiger partial charge in [0.05, 0.1) is 15.6 Å². The topological polar surface area (TPSA) is 86.8 Å². The van der Waals surface area contributed by atoms with Crippen molar-refractivity contribution in [1.29, 1.82) is 0 Å². The average Bonchev–Trinajstić information content (AvgIpc) is 3.02. The fourth-order valence-electron chi connectivity index (χ4n) is 4.71. The van der Waals surface area contributed by atoms with E-state index in [0.29, 0.717) is 17.0 Å². The van der Waals surface area contributed by atoms with Crippen LogP contribution >= 0.6 is 23.2 Å². The molecule has 0 fully saturated rings. The Morgan fingerprint density at radius 2 is 1.43 bits per heavy atom. The summed E-state index contributed by atoms with van der Waals surface area (Å²) in [7, 11) is -4.23. The minimum absolute atomic E-state index is 0.00413. The Kier molecular flexibility index (Phi) is 11.4. The first kappa shape index (κ1) is 33.1. The number of para-hydroxylation sites is 1. The van der Waals surface area contributed by atoms with Crippen LogP contribution in [0.15, 0.2) is 114 Å². The smallest absolute Gasteiger partial charge is 0.264 e. The minimum atomic E-state index is -4.23. The first-order valence-electron chi connectivity index (χ1n) is 14.3. The largest absolute Gasteiger partial charge is 0.352 e. The van der Waals surface area contributed by atoms with Gasteiger partial charge < -0.3 is 10.2 Å². The van der Waals surface area contributed by atoms with Crippen molar-refractivity contribution in [2.45, 2.75) is 50.2 Å². The number of sulfonamides is 1. The maximum atomic E-state index is 14.5. The van der Waals surface area contributed by atoms with Crippen molar-refractivity contribution in [1.82, 2.24) is 10.2 Å². The predicted molar refractivity (Wildman–Crippen MR) is 176 cm³/mol.